The third-order valence-electron chi connectivity index (χ3n) is 6.03. The summed E-state index contributed by atoms with van der Waals surface area (Å²) in [6.45, 7) is 2.98. The number of hydrogen-bond acceptors (Lipinski definition) is 4. The van der Waals surface area contributed by atoms with Gasteiger partial charge in [0.05, 0.1) is 16.5 Å². The number of Topliss-reactive ketones (excluding diaryl/α,β-unsaturated/α-hetero) is 1. The lowest BCUT2D eigenvalue weighted by molar-refractivity contribution is -0.128. The van der Waals surface area contributed by atoms with E-state index in [2.05, 4.69) is 11.9 Å². The van der Waals surface area contributed by atoms with Crippen LogP contribution in [0.1, 0.15) is 121 Å². The Hall–Kier alpha value is -0.740. The van der Waals surface area contributed by atoms with Crippen molar-refractivity contribution < 1.29 is 9.53 Å². The highest BCUT2D eigenvalue weighted by molar-refractivity contribution is 7.09. The molecule has 4 heteroatoms. The van der Waals surface area contributed by atoms with Crippen LogP contribution < -0.4 is 0 Å². The second-order valence-electron chi connectivity index (χ2n) is 8.44. The third-order valence-corrected chi connectivity index (χ3v) is 6.90. The van der Waals surface area contributed by atoms with E-state index in [1.807, 2.05) is 11.7 Å². The van der Waals surface area contributed by atoms with E-state index in [9.17, 15) is 4.79 Å². The first-order valence-corrected chi connectivity index (χ1v) is 12.7. The number of aromatic nitrogens is 1. The molecule has 2 unspecified atom stereocenters. The molecule has 0 spiro atoms. The lowest BCUT2D eigenvalue weighted by Crippen LogP contribution is -2.25. The smallest absolute Gasteiger partial charge is 0.136 e. The number of ether oxygens (including phenoxy) is 1. The highest BCUT2D eigenvalue weighted by Crippen LogP contribution is 2.34. The van der Waals surface area contributed by atoms with Gasteiger partial charge < -0.3 is 4.74 Å². The molecule has 1 aliphatic heterocycles. The Balaban J connectivity index is 1.42. The van der Waals surface area contributed by atoms with Crippen LogP contribution in [0.4, 0.5) is 0 Å². The molecule has 0 bridgehead atoms. The van der Waals surface area contributed by atoms with Gasteiger partial charge in [0.2, 0.25) is 0 Å². The van der Waals surface area contributed by atoms with Crippen molar-refractivity contribution in [3.05, 3.63) is 16.6 Å². The van der Waals surface area contributed by atoms with Crippen LogP contribution >= 0.6 is 11.3 Å². The summed E-state index contributed by atoms with van der Waals surface area (Å²) < 4.78 is 5.84. The maximum atomic E-state index is 12.5. The highest BCUT2D eigenvalue weighted by Gasteiger charge is 2.28. The van der Waals surface area contributed by atoms with Gasteiger partial charge in [0.15, 0.2) is 0 Å². The van der Waals surface area contributed by atoms with E-state index < -0.39 is 0 Å². The molecule has 0 amide bonds. The van der Waals surface area contributed by atoms with E-state index in [-0.39, 0.29) is 12.0 Å². The summed E-state index contributed by atoms with van der Waals surface area (Å²) in [6.07, 6.45) is 22.0. The fraction of sp³-hybridized carbons (Fsp3) is 0.833. The fourth-order valence-corrected chi connectivity index (χ4v) is 4.87. The Morgan fingerprint density at radius 3 is 2.18 bits per heavy atom. The maximum absolute atomic E-state index is 12.5. The van der Waals surface area contributed by atoms with Gasteiger partial charge in [0.1, 0.15) is 5.78 Å². The van der Waals surface area contributed by atoms with E-state index >= 15 is 0 Å². The van der Waals surface area contributed by atoms with Crippen LogP contribution in [0.5, 0.6) is 0 Å². The number of carbonyl (C=O) groups excluding carboxylic acids is 1. The van der Waals surface area contributed by atoms with Crippen LogP contribution in [-0.4, -0.2) is 17.4 Å². The minimum atomic E-state index is 0.0850. The van der Waals surface area contributed by atoms with Crippen molar-refractivity contribution in [2.75, 3.05) is 6.61 Å². The van der Waals surface area contributed by atoms with Crippen molar-refractivity contribution in [1.29, 1.82) is 0 Å². The summed E-state index contributed by atoms with van der Waals surface area (Å²) >= 11 is 1.63. The zero-order valence-corrected chi connectivity index (χ0v) is 18.8. The SMILES string of the molecule is CCCCCCCCCCCCCCCC(=O)C1CCOC(c2cncs2)C1. The summed E-state index contributed by atoms with van der Waals surface area (Å²) in [5, 5.41) is 0. The standard InChI is InChI=1S/C24H41NO2S/c1-2-3-4-5-6-7-8-9-10-11-12-13-14-15-22(26)21-16-17-27-23(18-21)24-19-25-20-28-24/h19-21,23H,2-18H2,1H3. The van der Waals surface area contributed by atoms with Gasteiger partial charge in [-0.3, -0.25) is 9.78 Å². The number of ketones is 1. The van der Waals surface area contributed by atoms with Crippen molar-refractivity contribution in [1.82, 2.24) is 4.98 Å². The molecule has 0 saturated carbocycles. The van der Waals surface area contributed by atoms with E-state index in [1.54, 1.807) is 11.3 Å². The van der Waals surface area contributed by atoms with Gasteiger partial charge in [-0.05, 0) is 19.3 Å². The van der Waals surface area contributed by atoms with Gasteiger partial charge >= 0.3 is 0 Å². The van der Waals surface area contributed by atoms with E-state index in [1.165, 1.54) is 81.9 Å². The Morgan fingerprint density at radius 1 is 1.00 bits per heavy atom. The number of hydrogen-bond donors (Lipinski definition) is 0. The first-order valence-electron chi connectivity index (χ1n) is 11.8. The zero-order chi connectivity index (χ0) is 19.9. The molecule has 160 valence electrons. The van der Waals surface area contributed by atoms with Gasteiger partial charge in [0, 0.05) is 25.1 Å². The molecule has 28 heavy (non-hydrogen) atoms. The Labute approximate surface area is 176 Å². The van der Waals surface area contributed by atoms with Crippen LogP contribution in [-0.2, 0) is 9.53 Å². The molecule has 2 atom stereocenters. The number of rotatable bonds is 16. The average molecular weight is 408 g/mol. The minimum absolute atomic E-state index is 0.0850. The quantitative estimate of drug-likeness (QED) is 0.264. The van der Waals surface area contributed by atoms with Crippen LogP contribution in [0, 0.1) is 5.92 Å². The largest absolute Gasteiger partial charge is 0.373 e. The van der Waals surface area contributed by atoms with E-state index in [0.717, 1.165) is 25.7 Å². The van der Waals surface area contributed by atoms with Crippen molar-refractivity contribution in [3.8, 4) is 0 Å². The summed E-state index contributed by atoms with van der Waals surface area (Å²) in [5.74, 6) is 0.652. The van der Waals surface area contributed by atoms with Crippen molar-refractivity contribution in [2.24, 2.45) is 5.92 Å². The monoisotopic (exact) mass is 407 g/mol. The second-order valence-corrected chi connectivity index (χ2v) is 9.36. The van der Waals surface area contributed by atoms with Crippen molar-refractivity contribution >= 4 is 17.1 Å². The molecule has 2 rings (SSSR count). The summed E-state index contributed by atoms with van der Waals surface area (Å²) in [7, 11) is 0. The third kappa shape index (κ3) is 9.65. The first-order chi connectivity index (χ1) is 13.8. The maximum Gasteiger partial charge on any atom is 0.136 e. The van der Waals surface area contributed by atoms with Crippen molar-refractivity contribution in [2.45, 2.75) is 116 Å². The van der Waals surface area contributed by atoms with E-state index in [0.29, 0.717) is 12.4 Å². The average Bonchev–Trinajstić information content (AvgIpc) is 3.26. The molecule has 1 aromatic rings. The second kappa shape index (κ2) is 15.1. The van der Waals surface area contributed by atoms with E-state index in [4.69, 9.17) is 4.74 Å². The number of nitrogens with zero attached hydrogens (tertiary/aromatic N) is 1. The fourth-order valence-electron chi connectivity index (χ4n) is 4.19. The van der Waals surface area contributed by atoms with Gasteiger partial charge in [-0.25, -0.2) is 0 Å². The molecule has 0 aliphatic carbocycles. The Morgan fingerprint density at radius 2 is 1.61 bits per heavy atom. The molecule has 3 nitrogen and oxygen atoms in total. The highest BCUT2D eigenvalue weighted by atomic mass is 32.1. The van der Waals surface area contributed by atoms with Gasteiger partial charge in [-0.2, -0.15) is 0 Å². The van der Waals surface area contributed by atoms with Crippen LogP contribution in [0.2, 0.25) is 0 Å². The first kappa shape index (κ1) is 23.5. The molecular formula is C24H41NO2S. The van der Waals surface area contributed by atoms with Crippen molar-refractivity contribution in [3.63, 3.8) is 0 Å². The number of unbranched alkanes of at least 4 members (excludes halogenated alkanes) is 12. The molecule has 0 aromatic carbocycles. The lowest BCUT2D eigenvalue weighted by Gasteiger charge is -2.28. The summed E-state index contributed by atoms with van der Waals surface area (Å²) in [4.78, 5) is 17.8. The molecule has 2 heterocycles. The molecule has 1 aliphatic rings. The summed E-state index contributed by atoms with van der Waals surface area (Å²) in [5.41, 5.74) is 1.84. The van der Waals surface area contributed by atoms with Gasteiger partial charge in [-0.15, -0.1) is 11.3 Å². The molecular weight excluding hydrogens is 366 g/mol. The minimum Gasteiger partial charge on any atom is -0.373 e. The van der Waals surface area contributed by atoms with Crippen LogP contribution in [0.3, 0.4) is 0 Å². The molecule has 1 aromatic heterocycles. The molecule has 1 fully saturated rings. The van der Waals surface area contributed by atoms with Crippen LogP contribution in [0.25, 0.3) is 0 Å². The zero-order valence-electron chi connectivity index (χ0n) is 18.0. The van der Waals surface area contributed by atoms with Gasteiger partial charge in [-0.1, -0.05) is 84.0 Å². The number of thiazole rings is 1. The normalized spacial score (nSPS) is 19.8. The molecule has 0 N–H and O–H groups in total. The Kier molecular flexibility index (Phi) is 12.7. The predicted molar refractivity (Wildman–Crippen MR) is 119 cm³/mol. The van der Waals surface area contributed by atoms with Crippen LogP contribution in [0.15, 0.2) is 11.7 Å². The number of carbonyl (C=O) groups is 1. The lowest BCUT2D eigenvalue weighted by atomic mass is 9.88. The van der Waals surface area contributed by atoms with Gasteiger partial charge in [0.25, 0.3) is 0 Å². The summed E-state index contributed by atoms with van der Waals surface area (Å²) in [6, 6.07) is 0. The molecule has 0 radical (unpaired) electrons. The molecule has 1 saturated heterocycles. The predicted octanol–water partition coefficient (Wildman–Crippen LogP) is 7.66. The topological polar surface area (TPSA) is 39.2 Å². The Bertz CT molecular complexity index is 503.